The molecular formula is C21H21N5O. The number of fused-ring (bicyclic) bond motifs is 2. The first-order valence-corrected chi connectivity index (χ1v) is 9.40. The summed E-state index contributed by atoms with van der Waals surface area (Å²) in [6.07, 6.45) is 6.16. The van der Waals surface area contributed by atoms with E-state index in [1.807, 2.05) is 47.0 Å². The van der Waals surface area contributed by atoms with Gasteiger partial charge in [-0.25, -0.2) is 4.98 Å². The Morgan fingerprint density at radius 1 is 0.926 bits per heavy atom. The number of ether oxygens (including phenoxy) is 1. The molecule has 0 radical (unpaired) electrons. The molecule has 1 aromatic carbocycles. The second-order valence-electron chi connectivity index (χ2n) is 7.13. The van der Waals surface area contributed by atoms with E-state index in [0.717, 1.165) is 59.5 Å². The van der Waals surface area contributed by atoms with Gasteiger partial charge in [0.05, 0.1) is 6.10 Å². The lowest BCUT2D eigenvalue weighted by molar-refractivity contribution is 0.149. The predicted molar refractivity (Wildman–Crippen MR) is 105 cm³/mol. The minimum absolute atomic E-state index is 0.203. The number of nitrogens with zero attached hydrogens (tertiary/aromatic N) is 4. The number of aromatic nitrogens is 4. The lowest BCUT2D eigenvalue weighted by atomic mass is 9.94. The maximum Gasteiger partial charge on any atom is 0.187 e. The van der Waals surface area contributed by atoms with Crippen LogP contribution in [0.4, 0.5) is 0 Å². The third kappa shape index (κ3) is 3.02. The largest absolute Gasteiger partial charge is 0.488 e. The molecule has 1 saturated carbocycles. The molecule has 0 amide bonds. The lowest BCUT2D eigenvalue weighted by Gasteiger charge is -2.27. The molecule has 136 valence electrons. The summed E-state index contributed by atoms with van der Waals surface area (Å²) in [6.45, 7) is 0. The topological polar surface area (TPSA) is 78.3 Å². The molecule has 0 spiro atoms. The van der Waals surface area contributed by atoms with Crippen molar-refractivity contribution in [1.82, 2.24) is 19.6 Å². The van der Waals surface area contributed by atoms with E-state index in [0.29, 0.717) is 6.04 Å². The van der Waals surface area contributed by atoms with Gasteiger partial charge < -0.3 is 10.5 Å². The van der Waals surface area contributed by atoms with E-state index in [2.05, 4.69) is 22.3 Å². The predicted octanol–water partition coefficient (Wildman–Crippen LogP) is 3.59. The molecule has 1 aliphatic rings. The van der Waals surface area contributed by atoms with Crippen molar-refractivity contribution in [2.75, 3.05) is 0 Å². The van der Waals surface area contributed by atoms with Gasteiger partial charge in [-0.3, -0.25) is 4.40 Å². The van der Waals surface area contributed by atoms with E-state index in [1.165, 1.54) is 0 Å². The number of benzene rings is 1. The van der Waals surface area contributed by atoms with E-state index in [4.69, 9.17) is 15.5 Å². The van der Waals surface area contributed by atoms with Gasteiger partial charge in [0.25, 0.3) is 0 Å². The normalized spacial score (nSPS) is 20.2. The van der Waals surface area contributed by atoms with Crippen LogP contribution in [0.25, 0.3) is 28.1 Å². The minimum Gasteiger partial charge on any atom is -0.488 e. The van der Waals surface area contributed by atoms with Crippen LogP contribution in [0.3, 0.4) is 0 Å². The molecule has 5 rings (SSSR count). The zero-order chi connectivity index (χ0) is 18.2. The van der Waals surface area contributed by atoms with Crippen LogP contribution in [-0.2, 0) is 0 Å². The Balaban J connectivity index is 1.54. The Morgan fingerprint density at radius 3 is 2.70 bits per heavy atom. The fraction of sp³-hybridized carbons (Fsp3) is 0.286. The van der Waals surface area contributed by atoms with Gasteiger partial charge in [-0.15, -0.1) is 10.2 Å². The Morgan fingerprint density at radius 2 is 1.81 bits per heavy atom. The summed E-state index contributed by atoms with van der Waals surface area (Å²) in [6, 6.07) is 16.3. The fourth-order valence-electron chi connectivity index (χ4n) is 3.74. The maximum absolute atomic E-state index is 6.32. The van der Waals surface area contributed by atoms with Gasteiger partial charge in [-0.05, 0) is 49.9 Å². The van der Waals surface area contributed by atoms with Crippen LogP contribution < -0.4 is 10.5 Å². The van der Waals surface area contributed by atoms with Crippen LogP contribution in [-0.4, -0.2) is 31.7 Å². The van der Waals surface area contributed by atoms with Crippen molar-refractivity contribution in [3.8, 4) is 17.3 Å². The summed E-state index contributed by atoms with van der Waals surface area (Å²) in [5, 5.41) is 9.60. The first-order chi connectivity index (χ1) is 13.3. The van der Waals surface area contributed by atoms with Crippen molar-refractivity contribution in [2.45, 2.75) is 37.8 Å². The highest BCUT2D eigenvalue weighted by Gasteiger charge is 2.21. The van der Waals surface area contributed by atoms with E-state index in [9.17, 15) is 0 Å². The van der Waals surface area contributed by atoms with Crippen LogP contribution in [0, 0.1) is 0 Å². The van der Waals surface area contributed by atoms with Crippen molar-refractivity contribution >= 4 is 16.6 Å². The van der Waals surface area contributed by atoms with Crippen LogP contribution >= 0.6 is 0 Å². The molecule has 1 fully saturated rings. The molecule has 6 nitrogen and oxygen atoms in total. The van der Waals surface area contributed by atoms with Crippen molar-refractivity contribution in [3.63, 3.8) is 0 Å². The van der Waals surface area contributed by atoms with Crippen LogP contribution in [0.5, 0.6) is 5.75 Å². The summed E-state index contributed by atoms with van der Waals surface area (Å²) >= 11 is 0. The highest BCUT2D eigenvalue weighted by atomic mass is 16.5. The Kier molecular flexibility index (Phi) is 3.98. The van der Waals surface area contributed by atoms with Crippen molar-refractivity contribution in [3.05, 3.63) is 54.7 Å². The number of pyridine rings is 2. The van der Waals surface area contributed by atoms with Gasteiger partial charge in [0, 0.05) is 17.6 Å². The minimum atomic E-state index is 0.203. The first-order valence-electron chi connectivity index (χ1n) is 9.40. The van der Waals surface area contributed by atoms with Gasteiger partial charge in [0.1, 0.15) is 17.0 Å². The average Bonchev–Trinajstić information content (AvgIpc) is 3.14. The highest BCUT2D eigenvalue weighted by molar-refractivity contribution is 5.86. The fourth-order valence-corrected chi connectivity index (χ4v) is 3.74. The molecule has 0 unspecified atom stereocenters. The maximum atomic E-state index is 6.32. The summed E-state index contributed by atoms with van der Waals surface area (Å²) in [4.78, 5) is 4.88. The molecule has 0 bridgehead atoms. The second-order valence-corrected chi connectivity index (χ2v) is 7.13. The van der Waals surface area contributed by atoms with E-state index >= 15 is 0 Å². The number of para-hydroxylation sites is 1. The SMILES string of the molecule is N[C@H]1CC[C@H](Oc2cccc3ccc(-c4nnc5ccccn45)nc23)CC1. The second kappa shape index (κ2) is 6.63. The van der Waals surface area contributed by atoms with Crippen LogP contribution in [0.15, 0.2) is 54.7 Å². The number of nitrogens with two attached hydrogens (primary N) is 1. The molecule has 4 aromatic rings. The lowest BCUT2D eigenvalue weighted by Crippen LogP contribution is -2.31. The highest BCUT2D eigenvalue weighted by Crippen LogP contribution is 2.30. The quantitative estimate of drug-likeness (QED) is 0.605. The number of rotatable bonds is 3. The first kappa shape index (κ1) is 16.2. The molecule has 6 heteroatoms. The molecule has 1 aliphatic carbocycles. The van der Waals surface area contributed by atoms with Crippen molar-refractivity contribution < 1.29 is 4.74 Å². The third-order valence-electron chi connectivity index (χ3n) is 5.24. The molecule has 0 saturated heterocycles. The summed E-state index contributed by atoms with van der Waals surface area (Å²) in [5.74, 6) is 1.55. The van der Waals surface area contributed by atoms with E-state index in [-0.39, 0.29) is 6.10 Å². The van der Waals surface area contributed by atoms with E-state index < -0.39 is 0 Å². The van der Waals surface area contributed by atoms with Gasteiger partial charge in [-0.2, -0.15) is 0 Å². The van der Waals surface area contributed by atoms with Gasteiger partial charge in [0.15, 0.2) is 11.5 Å². The smallest absolute Gasteiger partial charge is 0.187 e. The van der Waals surface area contributed by atoms with E-state index in [1.54, 1.807) is 0 Å². The zero-order valence-corrected chi connectivity index (χ0v) is 15.0. The Hall–Kier alpha value is -2.99. The van der Waals surface area contributed by atoms with Gasteiger partial charge >= 0.3 is 0 Å². The monoisotopic (exact) mass is 359 g/mol. The molecule has 2 N–H and O–H groups in total. The Bertz CT molecular complexity index is 1100. The number of hydrogen-bond donors (Lipinski definition) is 1. The molecule has 3 aromatic heterocycles. The van der Waals surface area contributed by atoms with Crippen molar-refractivity contribution in [1.29, 1.82) is 0 Å². The Labute approximate surface area is 157 Å². The third-order valence-corrected chi connectivity index (χ3v) is 5.24. The molecular weight excluding hydrogens is 338 g/mol. The average molecular weight is 359 g/mol. The van der Waals surface area contributed by atoms with Gasteiger partial charge in [0.2, 0.25) is 0 Å². The zero-order valence-electron chi connectivity index (χ0n) is 15.0. The molecule has 0 atom stereocenters. The summed E-state index contributed by atoms with van der Waals surface area (Å²) < 4.78 is 8.26. The molecule has 3 heterocycles. The van der Waals surface area contributed by atoms with Crippen molar-refractivity contribution in [2.24, 2.45) is 5.73 Å². The summed E-state index contributed by atoms with van der Waals surface area (Å²) in [7, 11) is 0. The van der Waals surface area contributed by atoms with Crippen LogP contribution in [0.2, 0.25) is 0 Å². The number of hydrogen-bond acceptors (Lipinski definition) is 5. The molecule has 0 aliphatic heterocycles. The molecule has 27 heavy (non-hydrogen) atoms. The van der Waals surface area contributed by atoms with Gasteiger partial charge in [-0.1, -0.05) is 24.3 Å². The standard InChI is InChI=1S/C21H21N5O/c22-15-8-10-16(11-9-15)27-18-5-3-4-14-7-12-17(23-20(14)18)21-25-24-19-6-1-2-13-26(19)21/h1-7,12-13,15-16H,8-11,22H2/t15-,16-. The summed E-state index contributed by atoms with van der Waals surface area (Å²) in [5.41, 5.74) is 8.46. The van der Waals surface area contributed by atoms with Crippen LogP contribution in [0.1, 0.15) is 25.7 Å².